The summed E-state index contributed by atoms with van der Waals surface area (Å²) >= 11 is 0. The standard InChI is InChI=1S/C8H5FN2O2/c1-13-8(12)6-2-7(9)11-4-5(6)3-10/h2,4H,1H3. The van der Waals surface area contributed by atoms with Gasteiger partial charge in [0, 0.05) is 12.3 Å². The van der Waals surface area contributed by atoms with Crippen LogP contribution in [0, 0.1) is 17.3 Å². The molecule has 0 aliphatic heterocycles. The smallest absolute Gasteiger partial charge is 0.339 e. The first-order valence-corrected chi connectivity index (χ1v) is 3.33. The van der Waals surface area contributed by atoms with E-state index in [2.05, 4.69) is 9.72 Å². The molecule has 1 heterocycles. The van der Waals surface area contributed by atoms with E-state index in [1.54, 1.807) is 6.07 Å². The number of aromatic nitrogens is 1. The molecule has 0 spiro atoms. The summed E-state index contributed by atoms with van der Waals surface area (Å²) in [6.45, 7) is 0. The van der Waals surface area contributed by atoms with Crippen molar-refractivity contribution in [3.05, 3.63) is 29.3 Å². The molecule has 0 N–H and O–H groups in total. The van der Waals surface area contributed by atoms with E-state index in [9.17, 15) is 9.18 Å². The molecule has 0 atom stereocenters. The summed E-state index contributed by atoms with van der Waals surface area (Å²) in [6.07, 6.45) is 0.988. The summed E-state index contributed by atoms with van der Waals surface area (Å²) in [4.78, 5) is 14.2. The maximum Gasteiger partial charge on any atom is 0.339 e. The Balaban J connectivity index is 3.25. The van der Waals surface area contributed by atoms with Gasteiger partial charge in [0.1, 0.15) is 6.07 Å². The van der Waals surface area contributed by atoms with Crippen LogP contribution in [0.15, 0.2) is 12.3 Å². The van der Waals surface area contributed by atoms with Crippen molar-refractivity contribution in [3.8, 4) is 6.07 Å². The van der Waals surface area contributed by atoms with Crippen LogP contribution in [0.1, 0.15) is 15.9 Å². The molecule has 0 saturated carbocycles. The van der Waals surface area contributed by atoms with Crippen LogP contribution in [-0.4, -0.2) is 18.1 Å². The zero-order valence-corrected chi connectivity index (χ0v) is 6.74. The Morgan fingerprint density at radius 2 is 2.46 bits per heavy atom. The highest BCUT2D eigenvalue weighted by molar-refractivity contribution is 5.91. The van der Waals surface area contributed by atoms with Gasteiger partial charge in [0.05, 0.1) is 18.2 Å². The van der Waals surface area contributed by atoms with Crippen LogP contribution in [0.3, 0.4) is 0 Å². The maximum atomic E-state index is 12.6. The van der Waals surface area contributed by atoms with E-state index in [-0.39, 0.29) is 11.1 Å². The van der Waals surface area contributed by atoms with Crippen LogP contribution in [-0.2, 0) is 4.74 Å². The lowest BCUT2D eigenvalue weighted by Crippen LogP contribution is -2.05. The van der Waals surface area contributed by atoms with Gasteiger partial charge >= 0.3 is 5.97 Å². The zero-order valence-electron chi connectivity index (χ0n) is 6.74. The van der Waals surface area contributed by atoms with Crippen molar-refractivity contribution in [1.82, 2.24) is 4.98 Å². The Bertz CT molecular complexity index is 384. The molecule has 0 aromatic carbocycles. The molecule has 0 aliphatic carbocycles. The molecular formula is C8H5FN2O2. The number of carbonyl (C=O) groups excluding carboxylic acids is 1. The van der Waals surface area contributed by atoms with E-state index in [4.69, 9.17) is 5.26 Å². The Kier molecular flexibility index (Phi) is 2.55. The van der Waals surface area contributed by atoms with Crippen LogP contribution in [0.4, 0.5) is 4.39 Å². The zero-order chi connectivity index (χ0) is 9.84. The van der Waals surface area contributed by atoms with E-state index in [1.807, 2.05) is 0 Å². The summed E-state index contributed by atoms with van der Waals surface area (Å²) in [7, 11) is 1.15. The van der Waals surface area contributed by atoms with Crippen molar-refractivity contribution < 1.29 is 13.9 Å². The molecule has 0 unspecified atom stereocenters. The fraction of sp³-hybridized carbons (Fsp3) is 0.125. The SMILES string of the molecule is COC(=O)c1cc(F)ncc1C#N. The minimum Gasteiger partial charge on any atom is -0.465 e. The number of hydrogen-bond acceptors (Lipinski definition) is 4. The van der Waals surface area contributed by atoms with Crippen LogP contribution in [0.5, 0.6) is 0 Å². The van der Waals surface area contributed by atoms with E-state index in [1.165, 1.54) is 0 Å². The number of ether oxygens (including phenoxy) is 1. The summed E-state index contributed by atoms with van der Waals surface area (Å²) in [6, 6.07) is 2.57. The number of rotatable bonds is 1. The fourth-order valence-electron chi connectivity index (χ4n) is 0.798. The molecule has 0 aliphatic rings. The number of halogens is 1. The van der Waals surface area contributed by atoms with Gasteiger partial charge in [-0.2, -0.15) is 9.65 Å². The minimum absolute atomic E-state index is 0.00625. The average Bonchev–Trinajstić information content (AvgIpc) is 2.16. The van der Waals surface area contributed by atoms with Gasteiger partial charge < -0.3 is 4.74 Å². The molecule has 0 saturated heterocycles. The third kappa shape index (κ3) is 1.79. The number of carbonyl (C=O) groups is 1. The first kappa shape index (κ1) is 9.13. The molecule has 1 aromatic rings. The second-order valence-corrected chi connectivity index (χ2v) is 2.16. The molecule has 0 bridgehead atoms. The van der Waals surface area contributed by atoms with Crippen molar-refractivity contribution in [2.24, 2.45) is 0 Å². The second kappa shape index (κ2) is 3.63. The normalized spacial score (nSPS) is 9.00. The predicted octanol–water partition coefficient (Wildman–Crippen LogP) is 0.879. The van der Waals surface area contributed by atoms with Crippen LogP contribution in [0.2, 0.25) is 0 Å². The highest BCUT2D eigenvalue weighted by atomic mass is 19.1. The highest BCUT2D eigenvalue weighted by Gasteiger charge is 2.12. The van der Waals surface area contributed by atoms with E-state index >= 15 is 0 Å². The van der Waals surface area contributed by atoms with Gasteiger partial charge in [-0.25, -0.2) is 9.78 Å². The topological polar surface area (TPSA) is 63.0 Å². The first-order valence-electron chi connectivity index (χ1n) is 3.33. The molecule has 1 rings (SSSR count). The Labute approximate surface area is 73.6 Å². The van der Waals surface area contributed by atoms with Crippen LogP contribution in [0.25, 0.3) is 0 Å². The summed E-state index contributed by atoms with van der Waals surface area (Å²) < 4.78 is 16.9. The molecule has 0 radical (unpaired) electrons. The second-order valence-electron chi connectivity index (χ2n) is 2.16. The average molecular weight is 180 g/mol. The number of esters is 1. The molecule has 1 aromatic heterocycles. The first-order chi connectivity index (χ1) is 6.19. The summed E-state index contributed by atoms with van der Waals surface area (Å²) in [5, 5.41) is 8.53. The lowest BCUT2D eigenvalue weighted by atomic mass is 10.1. The van der Waals surface area contributed by atoms with Crippen LogP contribution >= 0.6 is 0 Å². The molecular weight excluding hydrogens is 175 g/mol. The van der Waals surface area contributed by atoms with Crippen molar-refractivity contribution in [2.45, 2.75) is 0 Å². The summed E-state index contributed by atoms with van der Waals surface area (Å²) in [5.74, 6) is -1.57. The fourth-order valence-corrected chi connectivity index (χ4v) is 0.798. The monoisotopic (exact) mass is 180 g/mol. The van der Waals surface area contributed by atoms with Crippen LogP contribution < -0.4 is 0 Å². The Morgan fingerprint density at radius 3 is 3.00 bits per heavy atom. The van der Waals surface area contributed by atoms with Crippen molar-refractivity contribution in [2.75, 3.05) is 7.11 Å². The van der Waals surface area contributed by atoms with E-state index in [0.717, 1.165) is 19.4 Å². The predicted molar refractivity (Wildman–Crippen MR) is 40.2 cm³/mol. The van der Waals surface area contributed by atoms with Gasteiger partial charge in [0.2, 0.25) is 5.95 Å². The molecule has 4 nitrogen and oxygen atoms in total. The van der Waals surface area contributed by atoms with Gasteiger partial charge in [-0.15, -0.1) is 0 Å². The quantitative estimate of drug-likeness (QED) is 0.475. The number of hydrogen-bond donors (Lipinski definition) is 0. The molecule has 0 amide bonds. The third-order valence-electron chi connectivity index (χ3n) is 1.40. The van der Waals surface area contributed by atoms with Gasteiger partial charge in [-0.3, -0.25) is 0 Å². The number of nitrogens with zero attached hydrogens (tertiary/aromatic N) is 2. The number of pyridine rings is 1. The van der Waals surface area contributed by atoms with Crippen molar-refractivity contribution in [1.29, 1.82) is 5.26 Å². The lowest BCUT2D eigenvalue weighted by molar-refractivity contribution is 0.0599. The third-order valence-corrected chi connectivity index (χ3v) is 1.40. The van der Waals surface area contributed by atoms with Gasteiger partial charge in [0.15, 0.2) is 0 Å². The van der Waals surface area contributed by atoms with Gasteiger partial charge in [0.25, 0.3) is 0 Å². The maximum absolute atomic E-state index is 12.6. The lowest BCUT2D eigenvalue weighted by Gasteiger charge is -1.99. The largest absolute Gasteiger partial charge is 0.465 e. The number of nitriles is 1. The van der Waals surface area contributed by atoms with E-state index < -0.39 is 11.9 Å². The molecule has 0 fully saturated rings. The van der Waals surface area contributed by atoms with E-state index in [0.29, 0.717) is 0 Å². The molecule has 5 heteroatoms. The van der Waals surface area contributed by atoms with Gasteiger partial charge in [-0.05, 0) is 0 Å². The minimum atomic E-state index is -0.820. The Morgan fingerprint density at radius 1 is 1.77 bits per heavy atom. The van der Waals surface area contributed by atoms with Crippen molar-refractivity contribution >= 4 is 5.97 Å². The van der Waals surface area contributed by atoms with Gasteiger partial charge in [-0.1, -0.05) is 0 Å². The summed E-state index contributed by atoms with van der Waals surface area (Å²) in [5.41, 5.74) is -0.120. The molecule has 66 valence electrons. The molecule has 13 heavy (non-hydrogen) atoms. The number of methoxy groups -OCH3 is 1. The van der Waals surface area contributed by atoms with Crippen molar-refractivity contribution in [3.63, 3.8) is 0 Å². The Hall–Kier alpha value is -1.96. The highest BCUT2D eigenvalue weighted by Crippen LogP contribution is 2.08.